The number of hydrogen-bond donors (Lipinski definition) is 2. The molecule has 0 radical (unpaired) electrons. The number of carbonyl (C=O) groups excluding carboxylic acids is 1. The van der Waals surface area contributed by atoms with Crippen LogP contribution in [0.3, 0.4) is 0 Å². The van der Waals surface area contributed by atoms with E-state index in [1.165, 1.54) is 4.90 Å². The van der Waals surface area contributed by atoms with Crippen LogP contribution in [0.1, 0.15) is 11.1 Å². The number of benzene rings is 2. The first-order valence-electron chi connectivity index (χ1n) is 10.7. The molecule has 0 aliphatic heterocycles. The SMILES string of the molecule is Cc1ccccc1-c1cnc(N(C)C)nc1N[C@@H](Cc1ccc(OC(=O)N(C)C)cc1)C(=O)O. The molecule has 1 heterocycles. The Hall–Kier alpha value is -4.14. The minimum atomic E-state index is -1.01. The molecule has 2 N–H and O–H groups in total. The van der Waals surface area contributed by atoms with E-state index in [0.29, 0.717) is 17.5 Å². The van der Waals surface area contributed by atoms with Crippen molar-refractivity contribution in [3.63, 3.8) is 0 Å². The number of carbonyl (C=O) groups is 2. The molecule has 1 amide bonds. The van der Waals surface area contributed by atoms with Crippen molar-refractivity contribution in [3.8, 4) is 16.9 Å². The molecule has 2 aromatic carbocycles. The lowest BCUT2D eigenvalue weighted by Crippen LogP contribution is -2.32. The second kappa shape index (κ2) is 10.7. The fourth-order valence-electron chi connectivity index (χ4n) is 3.26. The molecule has 3 aromatic rings. The van der Waals surface area contributed by atoms with Gasteiger partial charge in [0.15, 0.2) is 0 Å². The minimum Gasteiger partial charge on any atom is -0.480 e. The van der Waals surface area contributed by atoms with Crippen LogP contribution in [-0.4, -0.2) is 66.3 Å². The van der Waals surface area contributed by atoms with Crippen molar-refractivity contribution in [2.45, 2.75) is 19.4 Å². The molecular formula is C25H29N5O4. The number of carboxylic acids is 1. The molecule has 1 atom stereocenters. The summed E-state index contributed by atoms with van der Waals surface area (Å²) in [5, 5.41) is 13.0. The lowest BCUT2D eigenvalue weighted by atomic mass is 10.0. The molecule has 9 heteroatoms. The average Bonchev–Trinajstić information content (AvgIpc) is 2.80. The lowest BCUT2D eigenvalue weighted by Gasteiger charge is -2.20. The van der Waals surface area contributed by atoms with Crippen LogP contribution in [-0.2, 0) is 11.2 Å². The number of carboxylic acid groups (broad SMARTS) is 1. The zero-order valence-corrected chi connectivity index (χ0v) is 19.9. The number of nitrogens with one attached hydrogen (secondary N) is 1. The van der Waals surface area contributed by atoms with Gasteiger partial charge in [-0.1, -0.05) is 36.4 Å². The van der Waals surface area contributed by atoms with Crippen LogP contribution < -0.4 is 15.0 Å². The first-order valence-corrected chi connectivity index (χ1v) is 10.7. The fraction of sp³-hybridized carbons (Fsp3) is 0.280. The van der Waals surface area contributed by atoms with Gasteiger partial charge in [-0.3, -0.25) is 0 Å². The number of aromatic nitrogens is 2. The molecule has 3 rings (SSSR count). The second-order valence-corrected chi connectivity index (χ2v) is 8.29. The Morgan fingerprint density at radius 2 is 1.71 bits per heavy atom. The van der Waals surface area contributed by atoms with E-state index in [9.17, 15) is 14.7 Å². The summed E-state index contributed by atoms with van der Waals surface area (Å²) in [6, 6.07) is 13.6. The van der Waals surface area contributed by atoms with Gasteiger partial charge in [-0.05, 0) is 35.7 Å². The molecule has 34 heavy (non-hydrogen) atoms. The molecule has 0 bridgehead atoms. The van der Waals surface area contributed by atoms with Crippen LogP contribution in [0.2, 0.25) is 0 Å². The van der Waals surface area contributed by atoms with Crippen molar-refractivity contribution in [2.24, 2.45) is 0 Å². The molecule has 0 saturated heterocycles. The topological polar surface area (TPSA) is 108 Å². The first-order chi connectivity index (χ1) is 16.2. The van der Waals surface area contributed by atoms with Gasteiger partial charge in [-0.15, -0.1) is 0 Å². The van der Waals surface area contributed by atoms with Crippen LogP contribution in [0.5, 0.6) is 5.75 Å². The van der Waals surface area contributed by atoms with Crippen LogP contribution in [0.4, 0.5) is 16.6 Å². The quantitative estimate of drug-likeness (QED) is 0.521. The van der Waals surface area contributed by atoms with Crippen molar-refractivity contribution in [3.05, 3.63) is 65.9 Å². The van der Waals surface area contributed by atoms with Gasteiger partial charge in [0.2, 0.25) is 5.95 Å². The summed E-state index contributed by atoms with van der Waals surface area (Å²) in [6.07, 6.45) is 1.42. The van der Waals surface area contributed by atoms with Crippen LogP contribution >= 0.6 is 0 Å². The molecule has 178 valence electrons. The summed E-state index contributed by atoms with van der Waals surface area (Å²) >= 11 is 0. The number of aliphatic carboxylic acids is 1. The minimum absolute atomic E-state index is 0.200. The zero-order valence-electron chi connectivity index (χ0n) is 19.9. The van der Waals surface area contributed by atoms with Gasteiger partial charge in [0.25, 0.3) is 0 Å². The first kappa shape index (κ1) is 24.5. The Labute approximate surface area is 199 Å². The maximum absolute atomic E-state index is 12.1. The molecule has 0 aliphatic rings. The third-order valence-corrected chi connectivity index (χ3v) is 5.15. The predicted octanol–water partition coefficient (Wildman–Crippen LogP) is 3.69. The second-order valence-electron chi connectivity index (χ2n) is 8.29. The van der Waals surface area contributed by atoms with Gasteiger partial charge >= 0.3 is 12.1 Å². The Bertz CT molecular complexity index is 1160. The smallest absolute Gasteiger partial charge is 0.414 e. The van der Waals surface area contributed by atoms with Gasteiger partial charge in [-0.25, -0.2) is 14.6 Å². The molecule has 9 nitrogen and oxygen atoms in total. The largest absolute Gasteiger partial charge is 0.480 e. The van der Waals surface area contributed by atoms with Crippen molar-refractivity contribution in [1.29, 1.82) is 0 Å². The molecule has 0 saturated carbocycles. The summed E-state index contributed by atoms with van der Waals surface area (Å²) in [7, 11) is 6.84. The molecule has 1 aromatic heterocycles. The van der Waals surface area contributed by atoms with E-state index >= 15 is 0 Å². The molecule has 0 fully saturated rings. The molecule has 0 unspecified atom stereocenters. The van der Waals surface area contributed by atoms with E-state index < -0.39 is 18.1 Å². The van der Waals surface area contributed by atoms with Gasteiger partial charge < -0.3 is 25.0 Å². The van der Waals surface area contributed by atoms with Gasteiger partial charge in [-0.2, -0.15) is 4.98 Å². The van der Waals surface area contributed by atoms with Crippen molar-refractivity contribution in [2.75, 3.05) is 38.4 Å². The summed E-state index contributed by atoms with van der Waals surface area (Å²) < 4.78 is 5.22. The number of aryl methyl sites for hydroxylation is 1. The van der Waals surface area contributed by atoms with E-state index in [1.807, 2.05) is 45.3 Å². The number of amides is 1. The maximum atomic E-state index is 12.1. The summed E-state index contributed by atoms with van der Waals surface area (Å²) in [5.74, 6) is 0.285. The molecule has 0 spiro atoms. The summed E-state index contributed by atoms with van der Waals surface area (Å²) in [6.45, 7) is 1.98. The predicted molar refractivity (Wildman–Crippen MR) is 131 cm³/mol. The summed E-state index contributed by atoms with van der Waals surface area (Å²) in [5.41, 5.74) is 3.44. The van der Waals surface area contributed by atoms with Crippen LogP contribution in [0.25, 0.3) is 11.1 Å². The Morgan fingerprint density at radius 3 is 2.29 bits per heavy atom. The van der Waals surface area contributed by atoms with E-state index in [-0.39, 0.29) is 6.42 Å². The third kappa shape index (κ3) is 6.00. The highest BCUT2D eigenvalue weighted by molar-refractivity contribution is 5.83. The number of nitrogens with zero attached hydrogens (tertiary/aromatic N) is 4. The molecular weight excluding hydrogens is 434 g/mol. The number of ether oxygens (including phenoxy) is 1. The van der Waals surface area contributed by atoms with E-state index in [0.717, 1.165) is 22.3 Å². The van der Waals surface area contributed by atoms with Crippen molar-refractivity contribution in [1.82, 2.24) is 14.9 Å². The molecule has 0 aliphatic carbocycles. The Morgan fingerprint density at radius 1 is 1.03 bits per heavy atom. The zero-order chi connectivity index (χ0) is 24.8. The van der Waals surface area contributed by atoms with E-state index in [4.69, 9.17) is 4.74 Å². The Kier molecular flexibility index (Phi) is 7.68. The lowest BCUT2D eigenvalue weighted by molar-refractivity contribution is -0.137. The van der Waals surface area contributed by atoms with Gasteiger partial charge in [0.05, 0.1) is 0 Å². The third-order valence-electron chi connectivity index (χ3n) is 5.15. The Balaban J connectivity index is 1.88. The van der Waals surface area contributed by atoms with Gasteiger partial charge in [0.1, 0.15) is 17.6 Å². The van der Waals surface area contributed by atoms with E-state index in [1.54, 1.807) is 49.5 Å². The van der Waals surface area contributed by atoms with Gasteiger partial charge in [0, 0.05) is 46.4 Å². The highest BCUT2D eigenvalue weighted by Gasteiger charge is 2.22. The standard InChI is InChI=1S/C25H29N5O4/c1-16-8-6-7-9-19(16)20-15-26-24(29(2)3)28-22(20)27-21(23(31)32)14-17-10-12-18(13-11-17)34-25(33)30(4)5/h6-13,15,21H,14H2,1-5H3,(H,31,32)(H,26,27,28)/t21-/m0/s1. The van der Waals surface area contributed by atoms with Crippen LogP contribution in [0.15, 0.2) is 54.7 Å². The number of hydrogen-bond acceptors (Lipinski definition) is 7. The number of anilines is 2. The van der Waals surface area contributed by atoms with Crippen molar-refractivity contribution >= 4 is 23.8 Å². The van der Waals surface area contributed by atoms with Crippen molar-refractivity contribution < 1.29 is 19.4 Å². The normalized spacial score (nSPS) is 11.4. The monoisotopic (exact) mass is 463 g/mol. The van der Waals surface area contributed by atoms with E-state index in [2.05, 4.69) is 15.3 Å². The summed E-state index contributed by atoms with van der Waals surface area (Å²) in [4.78, 5) is 36.0. The number of rotatable bonds is 8. The maximum Gasteiger partial charge on any atom is 0.414 e. The highest BCUT2D eigenvalue weighted by atomic mass is 16.6. The fourth-order valence-corrected chi connectivity index (χ4v) is 3.26. The van der Waals surface area contributed by atoms with Crippen LogP contribution in [0, 0.1) is 6.92 Å². The highest BCUT2D eigenvalue weighted by Crippen LogP contribution is 2.30. The average molecular weight is 464 g/mol.